The topological polar surface area (TPSA) is 387 Å². The van der Waals surface area contributed by atoms with E-state index >= 15 is 0 Å². The number of ether oxygens (including phenoxy) is 3. The third kappa shape index (κ3) is 8.65. The number of nitrogens with two attached hydrogens (primary N) is 2. The molecule has 27 nitrogen and oxygen atoms in total. The first-order chi connectivity index (χ1) is 25.9. The Hall–Kier alpha value is -3.76. The molecule has 0 aromatic carbocycles. The van der Waals surface area contributed by atoms with Crippen LogP contribution < -0.4 is 41.5 Å². The summed E-state index contributed by atoms with van der Waals surface area (Å²) in [4.78, 5) is 61.9. The number of hydrogen-bond acceptors (Lipinski definition) is 21. The molecular weight excluding hydrogens is 786 g/mol. The summed E-state index contributed by atoms with van der Waals surface area (Å²) in [5.74, 6) is -0.419. The summed E-state index contributed by atoms with van der Waals surface area (Å²) in [5, 5.41) is 42.2. The molecule has 2 fully saturated rings. The van der Waals surface area contributed by atoms with Crippen molar-refractivity contribution >= 4 is 49.9 Å². The van der Waals surface area contributed by atoms with Crippen molar-refractivity contribution in [2.75, 3.05) is 51.1 Å². The van der Waals surface area contributed by atoms with E-state index in [4.69, 9.17) is 43.8 Å². The summed E-state index contributed by atoms with van der Waals surface area (Å²) >= 11 is 0. The Kier molecular flexibility index (Phi) is 11.9. The van der Waals surface area contributed by atoms with E-state index in [9.17, 15) is 48.9 Å². The normalized spacial score (nSPS) is 27.9. The van der Waals surface area contributed by atoms with Gasteiger partial charge in [-0.05, 0) is 0 Å². The molecule has 4 aromatic rings. The molecule has 2 saturated heterocycles. The van der Waals surface area contributed by atoms with Gasteiger partial charge in [0.25, 0.3) is 38.7 Å². The Morgan fingerprint density at radius 1 is 0.727 bits per heavy atom. The van der Waals surface area contributed by atoms with Gasteiger partial charge in [-0.15, -0.1) is 0 Å². The summed E-state index contributed by atoms with van der Waals surface area (Å²) in [7, 11) is -6.93. The number of fused-ring (bicyclic) bond motifs is 2. The van der Waals surface area contributed by atoms with E-state index in [0.29, 0.717) is 0 Å². The lowest BCUT2D eigenvalue weighted by atomic mass is 10.1. The van der Waals surface area contributed by atoms with E-state index < -0.39 is 102 Å². The van der Waals surface area contributed by atoms with Crippen molar-refractivity contribution in [3.63, 3.8) is 0 Å². The molecule has 0 radical (unpaired) electrons. The Balaban J connectivity index is 0.898. The fourth-order valence-electron chi connectivity index (χ4n) is 6.03. The van der Waals surface area contributed by atoms with E-state index in [-0.39, 0.29) is 47.4 Å². The Labute approximate surface area is 307 Å². The number of anilines is 2. The van der Waals surface area contributed by atoms with E-state index in [1.54, 1.807) is 0 Å². The van der Waals surface area contributed by atoms with Crippen LogP contribution in [0.15, 0.2) is 22.2 Å². The number of nitrogen functional groups attached to an aromatic ring is 2. The third-order valence-electron chi connectivity index (χ3n) is 8.55. The van der Waals surface area contributed by atoms with Crippen LogP contribution in [0.25, 0.3) is 22.3 Å². The van der Waals surface area contributed by atoms with Crippen LogP contribution in [0.4, 0.5) is 11.9 Å². The number of phosphoric ester groups is 2. The molecule has 0 spiro atoms. The van der Waals surface area contributed by atoms with E-state index in [1.807, 2.05) is 0 Å². The van der Waals surface area contributed by atoms with E-state index in [1.165, 1.54) is 45.0 Å². The largest absolute Gasteiger partial charge is 0.756 e. The Bertz CT molecular complexity index is 2090. The minimum Gasteiger partial charge on any atom is -0.756 e. The average molecular weight is 825 g/mol. The number of phosphoric acid groups is 2. The van der Waals surface area contributed by atoms with Crippen LogP contribution in [-0.4, -0.2) is 126 Å². The predicted octanol–water partition coefficient (Wildman–Crippen LogP) is -6.47. The molecule has 10 N–H and O–H groups in total. The highest BCUT2D eigenvalue weighted by Gasteiger charge is 2.48. The van der Waals surface area contributed by atoms with Crippen molar-refractivity contribution in [2.45, 2.75) is 49.1 Å². The fraction of sp³-hybridized carbons (Fsp3) is 0.615. The van der Waals surface area contributed by atoms with Crippen molar-refractivity contribution in [1.29, 1.82) is 0 Å². The molecule has 2 aliphatic rings. The van der Waals surface area contributed by atoms with Gasteiger partial charge in [-0.3, -0.25) is 37.8 Å². The molecule has 29 heteroatoms. The number of hydrogen-bond donors (Lipinski definition) is 8. The van der Waals surface area contributed by atoms with Crippen LogP contribution in [-0.2, 0) is 55.5 Å². The smallest absolute Gasteiger partial charge is 0.313 e. The number of imidazole rings is 2. The number of aromatic amines is 2. The lowest BCUT2D eigenvalue weighted by Gasteiger charge is -2.25. The molecule has 55 heavy (non-hydrogen) atoms. The van der Waals surface area contributed by atoms with Gasteiger partial charge in [-0.2, -0.15) is 0 Å². The summed E-state index contributed by atoms with van der Waals surface area (Å²) < 4.78 is 65.2. The second kappa shape index (κ2) is 16.0. The quantitative estimate of drug-likeness (QED) is 0.0296. The highest BCUT2D eigenvalue weighted by Crippen LogP contribution is 2.41. The van der Waals surface area contributed by atoms with Gasteiger partial charge in [0.15, 0.2) is 12.7 Å². The lowest BCUT2D eigenvalue weighted by molar-refractivity contribution is -0.746. The molecule has 0 saturated carbocycles. The van der Waals surface area contributed by atoms with Gasteiger partial charge in [0.05, 0.1) is 53.7 Å². The second-order valence-electron chi connectivity index (χ2n) is 12.4. The summed E-state index contributed by atoms with van der Waals surface area (Å²) in [6.07, 6.45) is -8.95. The van der Waals surface area contributed by atoms with Gasteiger partial charge in [-0.1, -0.05) is 9.97 Å². The van der Waals surface area contributed by atoms with Crippen LogP contribution in [0, 0.1) is 0 Å². The predicted molar refractivity (Wildman–Crippen MR) is 174 cm³/mol. The van der Waals surface area contributed by atoms with Crippen molar-refractivity contribution in [3.8, 4) is 0 Å². The maximum Gasteiger partial charge on any atom is 0.313 e. The lowest BCUT2D eigenvalue weighted by Crippen LogP contribution is -2.46. The molecule has 304 valence electrons. The van der Waals surface area contributed by atoms with Crippen LogP contribution in [0.1, 0.15) is 12.5 Å². The number of rotatable bonds is 16. The Morgan fingerprint density at radius 2 is 1.11 bits per heavy atom. The summed E-state index contributed by atoms with van der Waals surface area (Å²) in [6, 6.07) is 0. The zero-order valence-corrected chi connectivity index (χ0v) is 30.6. The van der Waals surface area contributed by atoms with Gasteiger partial charge in [0, 0.05) is 0 Å². The first-order valence-electron chi connectivity index (χ1n) is 16.2. The minimum absolute atomic E-state index is 0.0337. The molecule has 4 aromatic heterocycles. The van der Waals surface area contributed by atoms with Crippen LogP contribution in [0.2, 0.25) is 0 Å². The molecule has 0 aliphatic carbocycles. The number of nitrogens with zero attached hydrogens (tertiary/aromatic N) is 6. The molecule has 0 bridgehead atoms. The van der Waals surface area contributed by atoms with Gasteiger partial charge in [0.1, 0.15) is 36.6 Å². The van der Waals surface area contributed by atoms with Crippen LogP contribution in [0.3, 0.4) is 0 Å². The molecule has 6 rings (SSSR count). The third-order valence-corrected chi connectivity index (χ3v) is 10.5. The zero-order valence-electron chi connectivity index (χ0n) is 28.8. The van der Waals surface area contributed by atoms with Crippen LogP contribution >= 0.6 is 15.6 Å². The first kappa shape index (κ1) is 40.9. The van der Waals surface area contributed by atoms with Crippen LogP contribution in [0.5, 0.6) is 0 Å². The van der Waals surface area contributed by atoms with Crippen molar-refractivity contribution in [2.24, 2.45) is 14.1 Å². The molecule has 2 aliphatic heterocycles. The highest BCUT2D eigenvalue weighted by atomic mass is 31.2. The minimum atomic E-state index is -4.99. The maximum atomic E-state index is 12.3. The number of aromatic nitrogens is 8. The number of aliphatic hydroxyl groups is 4. The SMILES string of the molecule is Cn1c[n+]([C@@H]2O[C@H](COP(=O)([O-])OCCOCCOP(=O)([O-])OC[C@@H]3O[C@H]([n+]4cn(C)c5c(=O)[nH]c(N)nc54)C(O)C3O)C(O)C2O)c2nc(N)[nH]c(=O)c21. The number of nitrogens with one attached hydrogen (secondary N) is 2. The average Bonchev–Trinajstić information content (AvgIpc) is 3.79. The van der Waals surface area contributed by atoms with Gasteiger partial charge < -0.3 is 74.0 Å². The maximum absolute atomic E-state index is 12.3. The molecular formula is C26H38N10O17P2. The first-order valence-corrected chi connectivity index (χ1v) is 19.1. The van der Waals surface area contributed by atoms with Crippen molar-refractivity contribution < 1.29 is 80.8 Å². The van der Waals surface area contributed by atoms with Gasteiger partial charge in [0.2, 0.25) is 23.5 Å². The number of aliphatic hydroxyl groups excluding tert-OH is 4. The molecule has 6 unspecified atom stereocenters. The highest BCUT2D eigenvalue weighted by molar-refractivity contribution is 7.46. The second-order valence-corrected chi connectivity index (χ2v) is 15.2. The van der Waals surface area contributed by atoms with E-state index in [2.05, 4.69) is 19.9 Å². The summed E-state index contributed by atoms with van der Waals surface area (Å²) in [5.41, 5.74) is 10.4. The van der Waals surface area contributed by atoms with Gasteiger partial charge >= 0.3 is 11.3 Å². The van der Waals surface area contributed by atoms with Crippen molar-refractivity contribution in [1.82, 2.24) is 29.1 Å². The summed E-state index contributed by atoms with van der Waals surface area (Å²) in [6.45, 7) is -3.38. The Morgan fingerprint density at radius 3 is 1.49 bits per heavy atom. The number of aryl methyl sites for hydroxylation is 2. The monoisotopic (exact) mass is 824 g/mol. The molecule has 6 heterocycles. The molecule has 0 amide bonds. The zero-order chi connectivity index (χ0) is 40.0. The standard InChI is InChI=1S/C26H38N10O17P2/c1-33-9-35(19-13(33)21(41)31-25(27)29-19)23-17(39)15(37)11(52-23)7-50-54(43,44)48-5-3-47-4-6-49-55(45,46)51-8-12-16(38)18(40)24(53-12)36-10-34(2)14-20(36)30-26(28)32-22(14)42/h9-12,15-18,23-24,37-40H,3-8H2,1-2H3,(H6-2,27,28,29,30,31,32,41,42,43,44,45,46)/t11-,12+,15?,16?,17?,18?,23-,24+. The van der Waals surface area contributed by atoms with E-state index in [0.717, 1.165) is 0 Å². The fourth-order valence-corrected chi connectivity index (χ4v) is 7.43. The van der Waals surface area contributed by atoms with Gasteiger partial charge in [-0.25, -0.2) is 9.13 Å². The number of H-pyrrole nitrogens is 2. The molecule has 10 atom stereocenters. The van der Waals surface area contributed by atoms with Crippen molar-refractivity contribution in [3.05, 3.63) is 33.4 Å².